The maximum atomic E-state index is 13.3. The van der Waals surface area contributed by atoms with E-state index in [1.807, 2.05) is 30.3 Å². The minimum absolute atomic E-state index is 0.0384. The molecule has 3 aromatic rings. The number of halogens is 4. The zero-order valence-electron chi connectivity index (χ0n) is 18.4. The number of aliphatic carboxylic acids is 1. The molecular weight excluding hydrogens is 510 g/mol. The van der Waals surface area contributed by atoms with E-state index in [0.29, 0.717) is 6.54 Å². The SMILES string of the molecule is CN(Cc1ccccc1)c1ncc(NS(=O)(=O)c2cccc(F)c2)cc1C(=O)O.O=C(O)C(F)(F)F. The number of nitrogens with zero attached hydrogens (tertiary/aromatic N) is 2. The number of hydrogen-bond donors (Lipinski definition) is 3. The van der Waals surface area contributed by atoms with E-state index >= 15 is 0 Å². The van der Waals surface area contributed by atoms with Crippen molar-refractivity contribution in [2.24, 2.45) is 0 Å². The number of nitrogens with one attached hydrogen (secondary N) is 1. The third-order valence-electron chi connectivity index (χ3n) is 4.32. The summed E-state index contributed by atoms with van der Waals surface area (Å²) in [6, 6.07) is 15.1. The molecule has 0 aliphatic carbocycles. The number of benzene rings is 2. The number of carboxylic acids is 2. The molecule has 0 aliphatic heterocycles. The first kappa shape index (κ1) is 28.0. The molecule has 2 aromatic carbocycles. The Balaban J connectivity index is 0.000000572. The average Bonchev–Trinajstić information content (AvgIpc) is 2.79. The van der Waals surface area contributed by atoms with Crippen LogP contribution in [0.3, 0.4) is 0 Å². The van der Waals surface area contributed by atoms with Gasteiger partial charge in [0.15, 0.2) is 0 Å². The van der Waals surface area contributed by atoms with Gasteiger partial charge in [-0.1, -0.05) is 36.4 Å². The van der Waals surface area contributed by atoms with Crippen molar-refractivity contribution in [1.29, 1.82) is 0 Å². The fraction of sp³-hybridized carbons (Fsp3) is 0.136. The lowest BCUT2D eigenvalue weighted by atomic mass is 10.2. The molecule has 3 rings (SSSR count). The van der Waals surface area contributed by atoms with Crippen molar-refractivity contribution < 1.29 is 45.8 Å². The number of alkyl halides is 3. The molecule has 0 atom stereocenters. The average molecular weight is 529 g/mol. The molecule has 1 heterocycles. The highest BCUT2D eigenvalue weighted by Crippen LogP contribution is 2.24. The number of rotatable bonds is 7. The van der Waals surface area contributed by atoms with Gasteiger partial charge in [-0.3, -0.25) is 4.72 Å². The summed E-state index contributed by atoms with van der Waals surface area (Å²) in [6.07, 6.45) is -3.86. The largest absolute Gasteiger partial charge is 0.490 e. The van der Waals surface area contributed by atoms with E-state index in [-0.39, 0.29) is 22.0 Å². The van der Waals surface area contributed by atoms with Gasteiger partial charge in [-0.15, -0.1) is 0 Å². The third kappa shape index (κ3) is 7.94. The highest BCUT2D eigenvalue weighted by atomic mass is 32.2. The van der Waals surface area contributed by atoms with Crippen LogP contribution in [0.2, 0.25) is 0 Å². The Labute approximate surface area is 202 Å². The van der Waals surface area contributed by atoms with E-state index in [2.05, 4.69) is 9.71 Å². The molecule has 36 heavy (non-hydrogen) atoms. The number of anilines is 2. The first-order valence-corrected chi connectivity index (χ1v) is 11.3. The van der Waals surface area contributed by atoms with Crippen molar-refractivity contribution in [2.45, 2.75) is 17.6 Å². The standard InChI is InChI=1S/C20H18FN3O4S.C2HF3O2/c1-24(13-14-6-3-2-4-7-14)19-18(20(25)26)11-16(12-22-19)23-29(27,28)17-9-5-8-15(21)10-17;3-2(4,5)1(6)7/h2-12,23H,13H2,1H3,(H,25,26);(H,6,7). The highest BCUT2D eigenvalue weighted by molar-refractivity contribution is 7.92. The van der Waals surface area contributed by atoms with Crippen LogP contribution >= 0.6 is 0 Å². The van der Waals surface area contributed by atoms with Crippen LogP contribution in [0.15, 0.2) is 71.8 Å². The summed E-state index contributed by atoms with van der Waals surface area (Å²) in [5, 5.41) is 16.7. The molecule has 0 fully saturated rings. The van der Waals surface area contributed by atoms with E-state index in [9.17, 15) is 35.9 Å². The van der Waals surface area contributed by atoms with E-state index in [0.717, 1.165) is 17.7 Å². The van der Waals surface area contributed by atoms with Crippen molar-refractivity contribution in [1.82, 2.24) is 4.98 Å². The van der Waals surface area contributed by atoms with E-state index in [4.69, 9.17) is 9.90 Å². The molecule has 0 aliphatic rings. The van der Waals surface area contributed by atoms with Crippen molar-refractivity contribution >= 4 is 33.5 Å². The smallest absolute Gasteiger partial charge is 0.478 e. The van der Waals surface area contributed by atoms with Crippen molar-refractivity contribution in [3.8, 4) is 0 Å². The summed E-state index contributed by atoms with van der Waals surface area (Å²) in [7, 11) is -2.40. The third-order valence-corrected chi connectivity index (χ3v) is 5.70. The van der Waals surface area contributed by atoms with Crippen molar-refractivity contribution in [3.63, 3.8) is 0 Å². The van der Waals surface area contributed by atoms with Gasteiger partial charge in [0, 0.05) is 13.6 Å². The predicted octanol–water partition coefficient (Wildman–Crippen LogP) is 3.99. The number of pyridine rings is 1. The molecule has 3 N–H and O–H groups in total. The van der Waals surface area contributed by atoms with Crippen molar-refractivity contribution in [3.05, 3.63) is 83.8 Å². The molecule has 0 unspecified atom stereocenters. The normalized spacial score (nSPS) is 11.1. The molecule has 9 nitrogen and oxygen atoms in total. The predicted molar refractivity (Wildman–Crippen MR) is 121 cm³/mol. The lowest BCUT2D eigenvalue weighted by Crippen LogP contribution is -2.21. The molecule has 0 bridgehead atoms. The molecule has 0 amide bonds. The van der Waals surface area contributed by atoms with Gasteiger partial charge in [0.2, 0.25) is 0 Å². The molecule has 0 saturated heterocycles. The minimum atomic E-state index is -5.08. The molecule has 14 heteroatoms. The topological polar surface area (TPSA) is 137 Å². The number of carboxylic acid groups (broad SMARTS) is 2. The maximum Gasteiger partial charge on any atom is 0.490 e. The van der Waals surface area contributed by atoms with Crippen LogP contribution in [0.5, 0.6) is 0 Å². The second kappa shape index (κ2) is 11.5. The minimum Gasteiger partial charge on any atom is -0.478 e. The van der Waals surface area contributed by atoms with Crippen LogP contribution in [0.4, 0.5) is 29.1 Å². The second-order valence-corrected chi connectivity index (χ2v) is 8.79. The maximum absolute atomic E-state index is 13.3. The summed E-state index contributed by atoms with van der Waals surface area (Å²) in [6.45, 7) is 0.419. The Bertz CT molecular complexity index is 1340. The lowest BCUT2D eigenvalue weighted by Gasteiger charge is -2.20. The summed E-state index contributed by atoms with van der Waals surface area (Å²) in [4.78, 5) is 26.1. The summed E-state index contributed by atoms with van der Waals surface area (Å²) in [5.74, 6) is -4.52. The molecule has 192 valence electrons. The van der Waals surface area contributed by atoms with Crippen molar-refractivity contribution in [2.75, 3.05) is 16.7 Å². The van der Waals surface area contributed by atoms with Crippen LogP contribution in [-0.4, -0.2) is 48.8 Å². The van der Waals surface area contributed by atoms with E-state index in [1.54, 1.807) is 11.9 Å². The van der Waals surface area contributed by atoms with Crippen LogP contribution in [0, 0.1) is 5.82 Å². The fourth-order valence-corrected chi connectivity index (χ4v) is 3.82. The highest BCUT2D eigenvalue weighted by Gasteiger charge is 2.38. The fourth-order valence-electron chi connectivity index (χ4n) is 2.76. The molecule has 0 saturated carbocycles. The number of sulfonamides is 1. The van der Waals surface area contributed by atoms with Crippen LogP contribution in [0.1, 0.15) is 15.9 Å². The molecule has 1 aromatic heterocycles. The Morgan fingerprint density at radius 2 is 1.64 bits per heavy atom. The monoisotopic (exact) mass is 529 g/mol. The quantitative estimate of drug-likeness (QED) is 0.391. The first-order valence-electron chi connectivity index (χ1n) is 9.77. The second-order valence-electron chi connectivity index (χ2n) is 7.11. The Kier molecular flexibility index (Phi) is 8.95. The summed E-state index contributed by atoms with van der Waals surface area (Å²) < 4.78 is 72.2. The summed E-state index contributed by atoms with van der Waals surface area (Å²) >= 11 is 0. The Hall–Kier alpha value is -4.20. The van der Waals surface area contributed by atoms with Gasteiger partial charge < -0.3 is 15.1 Å². The zero-order valence-corrected chi connectivity index (χ0v) is 19.2. The molecular formula is C22H19F4N3O6S. The van der Waals surface area contributed by atoms with Crippen LogP contribution in [0.25, 0.3) is 0 Å². The van der Waals surface area contributed by atoms with Gasteiger partial charge >= 0.3 is 18.1 Å². The van der Waals surface area contributed by atoms with Gasteiger partial charge in [-0.25, -0.2) is 27.4 Å². The van der Waals surface area contributed by atoms with Gasteiger partial charge in [-0.2, -0.15) is 13.2 Å². The van der Waals surface area contributed by atoms with Gasteiger partial charge in [0.1, 0.15) is 17.2 Å². The molecule has 0 radical (unpaired) electrons. The Morgan fingerprint density at radius 3 is 2.17 bits per heavy atom. The first-order chi connectivity index (χ1) is 16.7. The van der Waals surface area contributed by atoms with Crippen LogP contribution < -0.4 is 9.62 Å². The molecule has 0 spiro atoms. The number of carbonyl (C=O) groups is 2. The van der Waals surface area contributed by atoms with E-state index < -0.39 is 34.0 Å². The summed E-state index contributed by atoms with van der Waals surface area (Å²) in [5.41, 5.74) is 0.760. The van der Waals surface area contributed by atoms with E-state index in [1.165, 1.54) is 24.4 Å². The lowest BCUT2D eigenvalue weighted by molar-refractivity contribution is -0.192. The van der Waals surface area contributed by atoms with Gasteiger partial charge in [0.05, 0.1) is 16.8 Å². The number of aromatic carboxylic acids is 1. The number of aromatic nitrogens is 1. The number of hydrogen-bond acceptors (Lipinski definition) is 6. The van der Waals surface area contributed by atoms with Crippen LogP contribution in [-0.2, 0) is 21.4 Å². The Morgan fingerprint density at radius 1 is 1.03 bits per heavy atom. The zero-order chi connectivity index (χ0) is 27.1. The van der Waals surface area contributed by atoms with Gasteiger partial charge in [0.25, 0.3) is 10.0 Å². The van der Waals surface area contributed by atoms with Gasteiger partial charge in [-0.05, 0) is 29.8 Å².